The molecule has 0 aromatic heterocycles. The van der Waals surface area contributed by atoms with Gasteiger partial charge in [-0.25, -0.2) is 14.5 Å². The van der Waals surface area contributed by atoms with E-state index < -0.39 is 23.4 Å². The van der Waals surface area contributed by atoms with Gasteiger partial charge in [0.2, 0.25) is 5.96 Å². The molecule has 0 spiro atoms. The standard InChI is InChI=1S/C33H45N3O5/c1-23(2)20-27-28(22-24-14-11-10-12-15-24)36(31(38)41-33(6,7)8)29(34-30(37)40-32(3,4)5)35(27)19-18-25-16-13-17-26(21-25)39-9/h10-17,21-23,27H,18-20H2,1-9H3/b28-22+,34-29+. The summed E-state index contributed by atoms with van der Waals surface area (Å²) in [4.78, 5) is 34.9. The van der Waals surface area contributed by atoms with Gasteiger partial charge in [-0.3, -0.25) is 0 Å². The van der Waals surface area contributed by atoms with Crippen molar-refractivity contribution in [2.45, 2.75) is 85.5 Å². The fourth-order valence-corrected chi connectivity index (χ4v) is 4.58. The molecule has 0 saturated carbocycles. The van der Waals surface area contributed by atoms with Crippen LogP contribution in [-0.2, 0) is 15.9 Å². The monoisotopic (exact) mass is 563 g/mol. The average molecular weight is 564 g/mol. The number of hydrogen-bond donors (Lipinski definition) is 0. The summed E-state index contributed by atoms with van der Waals surface area (Å²) in [5.41, 5.74) is 1.19. The average Bonchev–Trinajstić information content (AvgIpc) is 3.12. The van der Waals surface area contributed by atoms with E-state index in [4.69, 9.17) is 14.2 Å². The third-order valence-electron chi connectivity index (χ3n) is 6.18. The van der Waals surface area contributed by atoms with Crippen molar-refractivity contribution in [1.82, 2.24) is 9.80 Å². The van der Waals surface area contributed by atoms with Gasteiger partial charge in [0.25, 0.3) is 0 Å². The first-order valence-corrected chi connectivity index (χ1v) is 14.2. The molecule has 1 aliphatic heterocycles. The Labute approximate surface area is 245 Å². The second-order valence-electron chi connectivity index (χ2n) is 12.6. The number of hydrogen-bond acceptors (Lipinski definition) is 5. The molecule has 222 valence electrons. The van der Waals surface area contributed by atoms with Crippen LogP contribution in [0.1, 0.15) is 72.9 Å². The smallest absolute Gasteiger partial charge is 0.437 e. The van der Waals surface area contributed by atoms with Crippen LogP contribution in [0.4, 0.5) is 9.59 Å². The molecule has 8 nitrogen and oxygen atoms in total. The third-order valence-corrected chi connectivity index (χ3v) is 6.18. The number of methoxy groups -OCH3 is 1. The van der Waals surface area contributed by atoms with E-state index >= 15 is 0 Å². The largest absolute Gasteiger partial charge is 0.497 e. The Hall–Kier alpha value is -3.81. The highest BCUT2D eigenvalue weighted by molar-refractivity contribution is 6.04. The Kier molecular flexibility index (Phi) is 10.2. The molecule has 0 bridgehead atoms. The van der Waals surface area contributed by atoms with Gasteiger partial charge < -0.3 is 19.1 Å². The van der Waals surface area contributed by atoms with Crippen molar-refractivity contribution in [2.75, 3.05) is 13.7 Å². The number of benzene rings is 2. The highest BCUT2D eigenvalue weighted by atomic mass is 16.6. The number of guanidine groups is 1. The normalized spacial score (nSPS) is 17.9. The lowest BCUT2D eigenvalue weighted by Gasteiger charge is -2.27. The van der Waals surface area contributed by atoms with Crippen LogP contribution in [0.5, 0.6) is 5.75 Å². The molecule has 1 unspecified atom stereocenters. The number of carbonyl (C=O) groups is 2. The van der Waals surface area contributed by atoms with Gasteiger partial charge in [0.05, 0.1) is 18.8 Å². The van der Waals surface area contributed by atoms with Gasteiger partial charge in [0.15, 0.2) is 0 Å². The van der Waals surface area contributed by atoms with Gasteiger partial charge in [-0.2, -0.15) is 0 Å². The fourth-order valence-electron chi connectivity index (χ4n) is 4.58. The Bertz CT molecular complexity index is 1260. The maximum atomic E-state index is 13.9. The third kappa shape index (κ3) is 9.37. The molecule has 1 saturated heterocycles. The van der Waals surface area contributed by atoms with E-state index in [1.807, 2.05) is 86.3 Å². The van der Waals surface area contributed by atoms with E-state index in [0.29, 0.717) is 24.6 Å². The van der Waals surface area contributed by atoms with Crippen molar-refractivity contribution >= 4 is 24.2 Å². The first-order valence-electron chi connectivity index (χ1n) is 14.2. The van der Waals surface area contributed by atoms with Gasteiger partial charge in [0.1, 0.15) is 17.0 Å². The van der Waals surface area contributed by atoms with Crippen molar-refractivity contribution in [3.05, 3.63) is 71.4 Å². The molecule has 41 heavy (non-hydrogen) atoms. The molecular weight excluding hydrogens is 518 g/mol. The minimum Gasteiger partial charge on any atom is -0.497 e. The first kappa shape index (κ1) is 31.7. The molecule has 0 N–H and O–H groups in total. The van der Waals surface area contributed by atoms with Crippen molar-refractivity contribution in [2.24, 2.45) is 10.9 Å². The zero-order valence-corrected chi connectivity index (χ0v) is 25.9. The lowest BCUT2D eigenvalue weighted by atomic mass is 9.99. The zero-order valence-electron chi connectivity index (χ0n) is 25.9. The second kappa shape index (κ2) is 13.2. The number of carbonyl (C=O) groups excluding carboxylic acids is 2. The Balaban J connectivity index is 2.19. The van der Waals surface area contributed by atoms with Gasteiger partial charge in [-0.05, 0) is 89.6 Å². The van der Waals surface area contributed by atoms with Crippen LogP contribution in [0, 0.1) is 5.92 Å². The first-order chi connectivity index (χ1) is 19.2. The van der Waals surface area contributed by atoms with Crippen LogP contribution in [-0.4, -0.2) is 58.8 Å². The molecule has 1 heterocycles. The lowest BCUT2D eigenvalue weighted by molar-refractivity contribution is 0.0414. The quantitative estimate of drug-likeness (QED) is 0.346. The number of nitrogens with zero attached hydrogens (tertiary/aromatic N) is 3. The SMILES string of the molecule is COc1cccc(CCN2/C(=N\C(=O)OC(C)(C)C)N(C(=O)OC(C)(C)C)/C(=C/c3ccccc3)C2CC(C)C)c1. The topological polar surface area (TPSA) is 80.7 Å². The zero-order chi connectivity index (χ0) is 30.4. The molecule has 1 atom stereocenters. The number of ether oxygens (including phenoxy) is 3. The van der Waals surface area contributed by atoms with Crippen molar-refractivity contribution < 1.29 is 23.8 Å². The number of aliphatic imine (C=N–C) groups is 1. The lowest BCUT2D eigenvalue weighted by Crippen LogP contribution is -2.42. The summed E-state index contributed by atoms with van der Waals surface area (Å²) in [5, 5.41) is 0. The number of amides is 2. The molecule has 8 heteroatoms. The Morgan fingerprint density at radius 3 is 2.20 bits per heavy atom. The maximum absolute atomic E-state index is 13.9. The molecule has 1 fully saturated rings. The van der Waals surface area contributed by atoms with E-state index in [-0.39, 0.29) is 12.0 Å². The van der Waals surface area contributed by atoms with Gasteiger partial charge >= 0.3 is 12.2 Å². The van der Waals surface area contributed by atoms with Crippen LogP contribution in [0.15, 0.2) is 65.3 Å². The molecule has 0 aliphatic carbocycles. The van der Waals surface area contributed by atoms with Crippen LogP contribution in [0.2, 0.25) is 0 Å². The molecule has 2 aromatic rings. The van der Waals surface area contributed by atoms with E-state index in [0.717, 1.165) is 23.3 Å². The molecule has 2 aromatic carbocycles. The summed E-state index contributed by atoms with van der Waals surface area (Å²) in [6, 6.07) is 17.5. The minimum atomic E-state index is -0.767. The molecule has 1 aliphatic rings. The van der Waals surface area contributed by atoms with Crippen molar-refractivity contribution in [3.8, 4) is 5.75 Å². The van der Waals surface area contributed by atoms with E-state index in [1.54, 1.807) is 27.9 Å². The van der Waals surface area contributed by atoms with Crippen LogP contribution < -0.4 is 4.74 Å². The summed E-state index contributed by atoms with van der Waals surface area (Å²) in [7, 11) is 1.64. The fraction of sp³-hybridized carbons (Fsp3) is 0.485. The van der Waals surface area contributed by atoms with Gasteiger partial charge in [-0.1, -0.05) is 56.3 Å². The predicted molar refractivity (Wildman–Crippen MR) is 163 cm³/mol. The van der Waals surface area contributed by atoms with E-state index in [9.17, 15) is 9.59 Å². The Morgan fingerprint density at radius 1 is 0.951 bits per heavy atom. The van der Waals surface area contributed by atoms with Crippen LogP contribution in [0.3, 0.4) is 0 Å². The van der Waals surface area contributed by atoms with Gasteiger partial charge in [0, 0.05) is 6.54 Å². The molecule has 3 rings (SSSR count). The van der Waals surface area contributed by atoms with E-state index in [2.05, 4.69) is 18.8 Å². The van der Waals surface area contributed by atoms with Crippen LogP contribution in [0.25, 0.3) is 6.08 Å². The minimum absolute atomic E-state index is 0.198. The summed E-state index contributed by atoms with van der Waals surface area (Å²) in [6.07, 6.45) is 1.98. The Morgan fingerprint density at radius 2 is 1.61 bits per heavy atom. The number of rotatable bonds is 7. The van der Waals surface area contributed by atoms with Crippen molar-refractivity contribution in [3.63, 3.8) is 0 Å². The molecule has 2 amide bonds. The second-order valence-corrected chi connectivity index (χ2v) is 12.6. The predicted octanol–water partition coefficient (Wildman–Crippen LogP) is 7.54. The van der Waals surface area contributed by atoms with Crippen LogP contribution >= 0.6 is 0 Å². The van der Waals surface area contributed by atoms with Crippen molar-refractivity contribution in [1.29, 1.82) is 0 Å². The summed E-state index contributed by atoms with van der Waals surface area (Å²) in [5.74, 6) is 1.26. The van der Waals surface area contributed by atoms with E-state index in [1.165, 1.54) is 4.90 Å². The highest BCUT2D eigenvalue weighted by Crippen LogP contribution is 2.35. The maximum Gasteiger partial charge on any atom is 0.437 e. The highest BCUT2D eigenvalue weighted by Gasteiger charge is 2.45. The van der Waals surface area contributed by atoms with Gasteiger partial charge in [-0.15, -0.1) is 4.99 Å². The molecule has 0 radical (unpaired) electrons. The summed E-state index contributed by atoms with van der Waals surface area (Å²) < 4.78 is 16.9. The molecular formula is C33H45N3O5. The summed E-state index contributed by atoms with van der Waals surface area (Å²) in [6.45, 7) is 15.6. The summed E-state index contributed by atoms with van der Waals surface area (Å²) >= 11 is 0.